The van der Waals surface area contributed by atoms with Crippen LogP contribution in [0.3, 0.4) is 0 Å². The zero-order valence-corrected chi connectivity index (χ0v) is 14.1. The zero-order chi connectivity index (χ0) is 16.1. The summed E-state index contributed by atoms with van der Waals surface area (Å²) in [6.45, 7) is 7.87. The first-order valence-corrected chi connectivity index (χ1v) is 7.96. The SMILES string of the molecule is CCOc1ccc(C(CO)N2CCN(C)CC2C)cc1OC. The molecule has 5 heteroatoms. The van der Waals surface area contributed by atoms with Gasteiger partial charge >= 0.3 is 0 Å². The van der Waals surface area contributed by atoms with Crippen LogP contribution >= 0.6 is 0 Å². The van der Waals surface area contributed by atoms with Crippen molar-refractivity contribution in [2.45, 2.75) is 25.9 Å². The second-order valence-corrected chi connectivity index (χ2v) is 5.89. The molecule has 1 aliphatic heterocycles. The Bertz CT molecular complexity index is 481. The molecule has 1 aliphatic rings. The van der Waals surface area contributed by atoms with Crippen molar-refractivity contribution in [3.8, 4) is 11.5 Å². The second kappa shape index (κ2) is 7.81. The zero-order valence-electron chi connectivity index (χ0n) is 14.1. The Labute approximate surface area is 133 Å². The molecule has 0 bridgehead atoms. The van der Waals surface area contributed by atoms with Crippen molar-refractivity contribution in [2.75, 3.05) is 47.0 Å². The number of ether oxygens (including phenoxy) is 2. The maximum atomic E-state index is 9.92. The van der Waals surface area contributed by atoms with Gasteiger partial charge in [-0.05, 0) is 38.6 Å². The molecule has 2 atom stereocenters. The van der Waals surface area contributed by atoms with Gasteiger partial charge in [-0.25, -0.2) is 0 Å². The quantitative estimate of drug-likeness (QED) is 0.868. The number of aliphatic hydroxyl groups excluding tert-OH is 1. The highest BCUT2D eigenvalue weighted by Gasteiger charge is 2.29. The molecule has 22 heavy (non-hydrogen) atoms. The largest absolute Gasteiger partial charge is 0.493 e. The van der Waals surface area contributed by atoms with Crippen LogP contribution in [0.1, 0.15) is 25.5 Å². The summed E-state index contributed by atoms with van der Waals surface area (Å²) in [7, 11) is 3.79. The van der Waals surface area contributed by atoms with Crippen molar-refractivity contribution in [3.05, 3.63) is 23.8 Å². The van der Waals surface area contributed by atoms with Crippen LogP contribution in [-0.4, -0.2) is 68.0 Å². The lowest BCUT2D eigenvalue weighted by molar-refractivity contribution is 0.0340. The monoisotopic (exact) mass is 308 g/mol. The summed E-state index contributed by atoms with van der Waals surface area (Å²) >= 11 is 0. The van der Waals surface area contributed by atoms with Crippen molar-refractivity contribution in [1.82, 2.24) is 9.80 Å². The van der Waals surface area contributed by atoms with Crippen molar-refractivity contribution in [3.63, 3.8) is 0 Å². The number of rotatable bonds is 6. The number of hydrogen-bond acceptors (Lipinski definition) is 5. The fourth-order valence-electron chi connectivity index (χ4n) is 3.18. The van der Waals surface area contributed by atoms with E-state index in [1.165, 1.54) is 0 Å². The van der Waals surface area contributed by atoms with E-state index < -0.39 is 0 Å². The van der Waals surface area contributed by atoms with E-state index in [0.717, 1.165) is 36.7 Å². The van der Waals surface area contributed by atoms with Crippen LogP contribution in [0.2, 0.25) is 0 Å². The molecule has 1 N–H and O–H groups in total. The molecule has 0 amide bonds. The summed E-state index contributed by atoms with van der Waals surface area (Å²) in [6, 6.07) is 6.35. The summed E-state index contributed by atoms with van der Waals surface area (Å²) in [5.74, 6) is 1.47. The van der Waals surface area contributed by atoms with Crippen molar-refractivity contribution < 1.29 is 14.6 Å². The number of methoxy groups -OCH3 is 1. The summed E-state index contributed by atoms with van der Waals surface area (Å²) in [6.07, 6.45) is 0. The van der Waals surface area contributed by atoms with Crippen molar-refractivity contribution in [2.24, 2.45) is 0 Å². The molecular formula is C17H28N2O3. The minimum absolute atomic E-state index is 0.00623. The van der Waals surface area contributed by atoms with Crippen LogP contribution in [0.4, 0.5) is 0 Å². The number of piperazine rings is 1. The van der Waals surface area contributed by atoms with E-state index in [1.54, 1.807) is 7.11 Å². The van der Waals surface area contributed by atoms with Crippen molar-refractivity contribution in [1.29, 1.82) is 0 Å². The number of nitrogens with zero attached hydrogens (tertiary/aromatic N) is 2. The Balaban J connectivity index is 2.23. The molecule has 1 saturated heterocycles. The lowest BCUT2D eigenvalue weighted by Crippen LogP contribution is -2.52. The third kappa shape index (κ3) is 3.72. The predicted octanol–water partition coefficient (Wildman–Crippen LogP) is 1.76. The maximum absolute atomic E-state index is 9.92. The second-order valence-electron chi connectivity index (χ2n) is 5.89. The van der Waals surface area contributed by atoms with Gasteiger partial charge in [0, 0.05) is 25.7 Å². The van der Waals surface area contributed by atoms with Gasteiger partial charge in [0.25, 0.3) is 0 Å². The third-order valence-corrected chi connectivity index (χ3v) is 4.33. The Morgan fingerprint density at radius 3 is 2.68 bits per heavy atom. The van der Waals surface area contributed by atoms with E-state index in [0.29, 0.717) is 12.6 Å². The van der Waals surface area contributed by atoms with Gasteiger partial charge in [0.2, 0.25) is 0 Å². The van der Waals surface area contributed by atoms with E-state index in [2.05, 4.69) is 23.8 Å². The maximum Gasteiger partial charge on any atom is 0.161 e. The minimum atomic E-state index is -0.00623. The summed E-state index contributed by atoms with van der Waals surface area (Å²) in [4.78, 5) is 4.70. The standard InChI is InChI=1S/C17H28N2O3/c1-5-22-16-7-6-14(10-17(16)21-4)15(12-20)19-9-8-18(3)11-13(19)2/h6-7,10,13,15,20H,5,8-9,11-12H2,1-4H3. The molecular weight excluding hydrogens is 280 g/mol. The number of benzene rings is 1. The Morgan fingerprint density at radius 1 is 1.32 bits per heavy atom. The molecule has 0 saturated carbocycles. The van der Waals surface area contributed by atoms with Crippen LogP contribution in [-0.2, 0) is 0 Å². The smallest absolute Gasteiger partial charge is 0.161 e. The van der Waals surface area contributed by atoms with Crippen LogP contribution in [0.5, 0.6) is 11.5 Å². The number of aliphatic hydroxyl groups is 1. The Hall–Kier alpha value is -1.30. The van der Waals surface area contributed by atoms with Crippen molar-refractivity contribution >= 4 is 0 Å². The van der Waals surface area contributed by atoms with Gasteiger partial charge in [-0.3, -0.25) is 4.90 Å². The molecule has 1 aromatic rings. The molecule has 124 valence electrons. The highest BCUT2D eigenvalue weighted by molar-refractivity contribution is 5.44. The molecule has 0 aliphatic carbocycles. The number of hydrogen-bond donors (Lipinski definition) is 1. The highest BCUT2D eigenvalue weighted by atomic mass is 16.5. The molecule has 5 nitrogen and oxygen atoms in total. The summed E-state index contributed by atoms with van der Waals surface area (Å²) in [5, 5.41) is 9.92. The lowest BCUT2D eigenvalue weighted by atomic mass is 10.0. The average Bonchev–Trinajstić information content (AvgIpc) is 2.51. The van der Waals surface area contributed by atoms with Crippen LogP contribution in [0.25, 0.3) is 0 Å². The molecule has 0 spiro atoms. The van der Waals surface area contributed by atoms with Gasteiger partial charge in [-0.1, -0.05) is 6.07 Å². The van der Waals surface area contributed by atoms with Crippen LogP contribution in [0, 0.1) is 0 Å². The first-order valence-electron chi connectivity index (χ1n) is 7.96. The average molecular weight is 308 g/mol. The molecule has 0 radical (unpaired) electrons. The molecule has 1 fully saturated rings. The Morgan fingerprint density at radius 2 is 2.09 bits per heavy atom. The fourth-order valence-corrected chi connectivity index (χ4v) is 3.18. The molecule has 1 heterocycles. The van der Waals surface area contributed by atoms with Gasteiger partial charge in [0.1, 0.15) is 0 Å². The van der Waals surface area contributed by atoms with E-state index in [1.807, 2.05) is 25.1 Å². The van der Waals surface area contributed by atoms with Crippen LogP contribution < -0.4 is 9.47 Å². The van der Waals surface area contributed by atoms with E-state index in [-0.39, 0.29) is 12.6 Å². The van der Waals surface area contributed by atoms with Gasteiger partial charge in [-0.15, -0.1) is 0 Å². The fraction of sp³-hybridized carbons (Fsp3) is 0.647. The number of likely N-dealkylation sites (N-methyl/N-ethyl adjacent to an activating group) is 1. The summed E-state index contributed by atoms with van der Waals surface area (Å²) in [5.41, 5.74) is 1.07. The first kappa shape index (κ1) is 17.1. The molecule has 1 aromatic carbocycles. The van der Waals surface area contributed by atoms with Gasteiger partial charge in [-0.2, -0.15) is 0 Å². The minimum Gasteiger partial charge on any atom is -0.493 e. The molecule has 2 rings (SSSR count). The van der Waals surface area contributed by atoms with E-state index >= 15 is 0 Å². The third-order valence-electron chi connectivity index (χ3n) is 4.33. The van der Waals surface area contributed by atoms with Gasteiger partial charge in [0.05, 0.1) is 26.4 Å². The van der Waals surface area contributed by atoms with Gasteiger partial charge < -0.3 is 19.5 Å². The molecule has 0 aromatic heterocycles. The van der Waals surface area contributed by atoms with E-state index in [4.69, 9.17) is 9.47 Å². The van der Waals surface area contributed by atoms with Gasteiger partial charge in [0.15, 0.2) is 11.5 Å². The normalized spacial score (nSPS) is 21.6. The van der Waals surface area contributed by atoms with E-state index in [9.17, 15) is 5.11 Å². The molecule has 2 unspecified atom stereocenters. The predicted molar refractivity (Wildman–Crippen MR) is 87.7 cm³/mol. The lowest BCUT2D eigenvalue weighted by Gasteiger charge is -2.42. The highest BCUT2D eigenvalue weighted by Crippen LogP contribution is 2.33. The summed E-state index contributed by atoms with van der Waals surface area (Å²) < 4.78 is 11.0. The topological polar surface area (TPSA) is 45.2 Å². The van der Waals surface area contributed by atoms with Crippen LogP contribution in [0.15, 0.2) is 18.2 Å². The Kier molecular flexibility index (Phi) is 6.06. The first-order chi connectivity index (χ1) is 10.6.